The Balaban J connectivity index is 1.62. The smallest absolute Gasteiger partial charge is 0.230 e. The molecule has 2 aliphatic rings. The first-order chi connectivity index (χ1) is 24.9. The molecular weight excluding hydrogens is 665 g/mol. The van der Waals surface area contributed by atoms with Gasteiger partial charge in [0.1, 0.15) is 30.1 Å². The maximum atomic E-state index is 15.4. The molecule has 0 spiro atoms. The zero-order valence-corrected chi connectivity index (χ0v) is 31.2. The number of anilines is 1. The SMILES string of the molecule is C=C/C=C(O[C@H]1CCN(C(=O)C(C)C[C@@H](O)CN)C[C@H]1F)\C(C#N)=C/C(C)c1ncnc(NC(=C)/C=C\C(=C/C)N2CCN(C(C)COC)CC2)n1. The van der Waals surface area contributed by atoms with E-state index in [4.69, 9.17) is 15.2 Å². The summed E-state index contributed by atoms with van der Waals surface area (Å²) >= 11 is 0. The third-order valence-corrected chi connectivity index (χ3v) is 9.19. The van der Waals surface area contributed by atoms with Gasteiger partial charge < -0.3 is 35.4 Å². The van der Waals surface area contributed by atoms with Crippen LogP contribution in [0.3, 0.4) is 0 Å². The number of carbonyl (C=O) groups excluding carboxylic acids is 1. The molecule has 4 N–H and O–H groups in total. The van der Waals surface area contributed by atoms with E-state index in [-0.39, 0.29) is 49.7 Å². The number of aliphatic hydroxyl groups excluding tert-OH is 1. The number of halogens is 1. The molecule has 6 atom stereocenters. The third kappa shape index (κ3) is 12.4. The predicted octanol–water partition coefficient (Wildman–Crippen LogP) is 3.83. The summed E-state index contributed by atoms with van der Waals surface area (Å²) in [6.45, 7) is 20.2. The molecule has 14 heteroatoms. The Morgan fingerprint density at radius 1 is 1.21 bits per heavy atom. The number of allylic oxidation sites excluding steroid dienone is 7. The van der Waals surface area contributed by atoms with Crippen LogP contribution >= 0.6 is 0 Å². The van der Waals surface area contributed by atoms with Gasteiger partial charge in [-0.1, -0.05) is 45.2 Å². The molecule has 13 nitrogen and oxygen atoms in total. The van der Waals surface area contributed by atoms with Crippen LogP contribution in [-0.2, 0) is 14.3 Å². The van der Waals surface area contributed by atoms with Gasteiger partial charge in [0.05, 0.1) is 24.8 Å². The predicted molar refractivity (Wildman–Crippen MR) is 200 cm³/mol. The molecule has 1 amide bonds. The molecule has 0 aromatic carbocycles. The number of piperidine rings is 1. The minimum absolute atomic E-state index is 0.0521. The Labute approximate surface area is 308 Å². The number of hydrogen-bond donors (Lipinski definition) is 3. The summed E-state index contributed by atoms with van der Waals surface area (Å²) in [5, 5.41) is 23.0. The molecule has 284 valence electrons. The Morgan fingerprint density at radius 2 is 1.94 bits per heavy atom. The second-order valence-electron chi connectivity index (χ2n) is 13.2. The third-order valence-electron chi connectivity index (χ3n) is 9.19. The zero-order chi connectivity index (χ0) is 38.2. The van der Waals surface area contributed by atoms with Gasteiger partial charge in [-0.25, -0.2) is 14.4 Å². The summed E-state index contributed by atoms with van der Waals surface area (Å²) in [5.74, 6) is -0.314. The number of aromatic nitrogens is 3. The largest absolute Gasteiger partial charge is 0.486 e. The van der Waals surface area contributed by atoms with Gasteiger partial charge in [0.25, 0.3) is 0 Å². The van der Waals surface area contributed by atoms with E-state index in [1.807, 2.05) is 26.0 Å². The van der Waals surface area contributed by atoms with E-state index >= 15 is 4.39 Å². The Morgan fingerprint density at radius 3 is 2.56 bits per heavy atom. The molecule has 0 aliphatic carbocycles. The van der Waals surface area contributed by atoms with Crippen LogP contribution in [-0.4, -0.2) is 125 Å². The molecular formula is C38H56FN9O4. The number of hydrogen-bond acceptors (Lipinski definition) is 12. The number of amides is 1. The van der Waals surface area contributed by atoms with E-state index in [2.05, 4.69) is 62.3 Å². The molecule has 52 heavy (non-hydrogen) atoms. The number of likely N-dealkylation sites (tertiary alicyclic amines) is 1. The van der Waals surface area contributed by atoms with Gasteiger partial charge in [-0.15, -0.1) is 0 Å². The number of carbonyl (C=O) groups is 1. The van der Waals surface area contributed by atoms with Gasteiger partial charge in [-0.2, -0.15) is 10.2 Å². The van der Waals surface area contributed by atoms with E-state index in [1.165, 1.54) is 23.4 Å². The van der Waals surface area contributed by atoms with Gasteiger partial charge in [-0.05, 0) is 38.5 Å². The summed E-state index contributed by atoms with van der Waals surface area (Å²) in [6.07, 6.45) is 9.26. The highest BCUT2D eigenvalue weighted by molar-refractivity contribution is 5.78. The zero-order valence-electron chi connectivity index (χ0n) is 31.2. The Hall–Kier alpha value is -4.42. The minimum Gasteiger partial charge on any atom is -0.486 e. The lowest BCUT2D eigenvalue weighted by molar-refractivity contribution is -0.140. The number of nitrogens with zero attached hydrogens (tertiary/aromatic N) is 7. The maximum absolute atomic E-state index is 15.4. The number of methoxy groups -OCH3 is 1. The van der Waals surface area contributed by atoms with Crippen molar-refractivity contribution in [2.75, 3.05) is 64.8 Å². The summed E-state index contributed by atoms with van der Waals surface area (Å²) in [4.78, 5) is 32.2. The molecule has 3 rings (SSSR count). The summed E-state index contributed by atoms with van der Waals surface area (Å²) < 4.78 is 26.7. The molecule has 1 aromatic rings. The fourth-order valence-electron chi connectivity index (χ4n) is 6.21. The molecule has 2 fully saturated rings. The molecule has 2 aliphatic heterocycles. The van der Waals surface area contributed by atoms with Crippen molar-refractivity contribution in [2.45, 2.75) is 70.9 Å². The molecule has 0 saturated carbocycles. The van der Waals surface area contributed by atoms with Crippen molar-refractivity contribution < 1.29 is 23.8 Å². The first-order valence-electron chi connectivity index (χ1n) is 17.8. The maximum Gasteiger partial charge on any atom is 0.230 e. The minimum atomic E-state index is -1.49. The number of aliphatic hydroxyl groups is 1. The van der Waals surface area contributed by atoms with Crippen molar-refractivity contribution in [3.8, 4) is 6.07 Å². The monoisotopic (exact) mass is 721 g/mol. The Bertz CT molecular complexity index is 1520. The van der Waals surface area contributed by atoms with E-state index in [9.17, 15) is 15.2 Å². The van der Waals surface area contributed by atoms with E-state index in [0.717, 1.165) is 31.9 Å². The van der Waals surface area contributed by atoms with Crippen molar-refractivity contribution in [2.24, 2.45) is 11.7 Å². The second-order valence-corrected chi connectivity index (χ2v) is 13.2. The number of piperazine rings is 1. The highest BCUT2D eigenvalue weighted by atomic mass is 19.1. The second kappa shape index (κ2) is 21.2. The van der Waals surface area contributed by atoms with E-state index in [0.29, 0.717) is 30.1 Å². The quantitative estimate of drug-likeness (QED) is 0.114. The van der Waals surface area contributed by atoms with Crippen molar-refractivity contribution in [1.82, 2.24) is 29.7 Å². The van der Waals surface area contributed by atoms with Crippen LogP contribution in [0.15, 0.2) is 78.7 Å². The summed E-state index contributed by atoms with van der Waals surface area (Å²) in [5.41, 5.74) is 7.32. The lowest BCUT2D eigenvalue weighted by Gasteiger charge is -2.39. The van der Waals surface area contributed by atoms with E-state index < -0.39 is 30.2 Å². The van der Waals surface area contributed by atoms with Gasteiger partial charge in [0.15, 0.2) is 6.17 Å². The number of nitriles is 1. The van der Waals surface area contributed by atoms with Crippen LogP contribution in [0.5, 0.6) is 0 Å². The number of nitrogens with one attached hydrogen (secondary N) is 1. The van der Waals surface area contributed by atoms with Gasteiger partial charge >= 0.3 is 0 Å². The van der Waals surface area contributed by atoms with Crippen molar-refractivity contribution in [1.29, 1.82) is 5.26 Å². The van der Waals surface area contributed by atoms with Gasteiger partial charge in [-0.3, -0.25) is 9.69 Å². The normalized spacial score (nSPS) is 21.6. The lowest BCUT2D eigenvalue weighted by Crippen LogP contribution is -2.50. The topological polar surface area (TPSA) is 166 Å². The van der Waals surface area contributed by atoms with Crippen LogP contribution in [0.2, 0.25) is 0 Å². The molecule has 1 aromatic heterocycles. The van der Waals surface area contributed by atoms with Crippen LogP contribution in [0.4, 0.5) is 10.3 Å². The average molecular weight is 722 g/mol. The van der Waals surface area contributed by atoms with E-state index in [1.54, 1.807) is 20.1 Å². The number of alkyl halides is 1. The van der Waals surface area contributed by atoms with Gasteiger partial charge in [0.2, 0.25) is 11.9 Å². The lowest BCUT2D eigenvalue weighted by atomic mass is 9.99. The Kier molecular flexibility index (Phi) is 17.1. The summed E-state index contributed by atoms with van der Waals surface area (Å²) in [6, 6.07) is 2.53. The van der Waals surface area contributed by atoms with Crippen LogP contribution in [0, 0.1) is 17.2 Å². The van der Waals surface area contributed by atoms with Crippen molar-refractivity contribution in [3.63, 3.8) is 0 Å². The van der Waals surface area contributed by atoms with Crippen molar-refractivity contribution in [3.05, 3.63) is 84.5 Å². The van der Waals surface area contributed by atoms with Crippen LogP contribution in [0.1, 0.15) is 52.3 Å². The molecule has 0 bridgehead atoms. The van der Waals surface area contributed by atoms with Crippen LogP contribution in [0.25, 0.3) is 0 Å². The molecule has 2 saturated heterocycles. The average Bonchev–Trinajstić information content (AvgIpc) is 3.14. The highest BCUT2D eigenvalue weighted by Gasteiger charge is 2.35. The van der Waals surface area contributed by atoms with Gasteiger partial charge in [0, 0.05) is 82.1 Å². The fraction of sp³-hybridized carbons (Fsp3) is 0.553. The van der Waals surface area contributed by atoms with Crippen molar-refractivity contribution >= 4 is 11.9 Å². The first-order valence-corrected chi connectivity index (χ1v) is 17.8. The fourth-order valence-corrected chi connectivity index (χ4v) is 6.21. The molecule has 3 heterocycles. The standard InChI is InChI=1S/C38H56FN9O4/c1-8-10-34(52-35-13-14-48(23-33(35)39)37(50)27(4)20-32(49)22-41)30(21-40)19-26(3)36-42-25-43-38(45-36)44-28(5)11-12-31(9-2)47-17-15-46(16-18-47)29(6)24-51-7/h8-12,19,25-27,29,32-33,35,49H,1,5,13-18,20,22-24,41H2,2-4,6-7H3,(H,42,43,44,45)/b12-11-,30-19-,31-9+,34-10+/t26?,27?,29?,32-,33-,35+/m1/s1. The number of nitrogens with two attached hydrogens (primary N) is 1. The van der Waals surface area contributed by atoms with Crippen LogP contribution < -0.4 is 11.1 Å². The summed E-state index contributed by atoms with van der Waals surface area (Å²) in [7, 11) is 1.73. The number of rotatable bonds is 18. The molecule has 3 unspecified atom stereocenters. The number of ether oxygens (including phenoxy) is 2. The molecule has 0 radical (unpaired) electrons. The highest BCUT2D eigenvalue weighted by Crippen LogP contribution is 2.27. The first kappa shape index (κ1) is 42.0.